The van der Waals surface area contributed by atoms with Gasteiger partial charge in [0.25, 0.3) is 0 Å². The third-order valence-corrected chi connectivity index (χ3v) is 10.5. The number of alkyl halides is 6. The molecule has 0 amide bonds. The molecule has 6 aliphatic rings. The second kappa shape index (κ2) is 6.69. The molecule has 1 saturated heterocycles. The summed E-state index contributed by atoms with van der Waals surface area (Å²) in [4.78, 5) is 0. The second-order valence-corrected chi connectivity index (χ2v) is 11.7. The monoisotopic (exact) mass is 441 g/mol. The Kier molecular flexibility index (Phi) is 4.79. The molecule has 1 aliphatic heterocycles. The fourth-order valence-electron chi connectivity index (χ4n) is 7.98. The van der Waals surface area contributed by atoms with Gasteiger partial charge >= 0.3 is 12.4 Å². The SMILES string of the molecule is FC(F)(F)C1(C(F)(F)F)SN(C23CC4CC(CC(C4)C2)C3)C2CCCCCCC21. The molecule has 0 radical (unpaired) electrons. The summed E-state index contributed by atoms with van der Waals surface area (Å²) in [5, 5.41) is 0. The first-order valence-electron chi connectivity index (χ1n) is 11.2. The Morgan fingerprint density at radius 1 is 0.690 bits per heavy atom. The van der Waals surface area contributed by atoms with Crippen LogP contribution in [0, 0.1) is 23.7 Å². The second-order valence-electron chi connectivity index (χ2n) is 10.5. The van der Waals surface area contributed by atoms with Crippen LogP contribution in [0.25, 0.3) is 0 Å². The quantitative estimate of drug-likeness (QED) is 0.315. The lowest BCUT2D eigenvalue weighted by molar-refractivity contribution is -0.278. The molecule has 0 N–H and O–H groups in total. The Hall–Kier alpha value is -0.110. The average molecular weight is 442 g/mol. The van der Waals surface area contributed by atoms with E-state index in [0.717, 1.165) is 57.8 Å². The van der Waals surface area contributed by atoms with Gasteiger partial charge in [0, 0.05) is 17.5 Å². The van der Waals surface area contributed by atoms with Crippen molar-refractivity contribution < 1.29 is 26.3 Å². The molecule has 0 aromatic rings. The predicted molar refractivity (Wildman–Crippen MR) is 100 cm³/mol. The van der Waals surface area contributed by atoms with Gasteiger partial charge in [0.05, 0.1) is 0 Å². The summed E-state index contributed by atoms with van der Waals surface area (Å²) in [5.41, 5.74) is -0.459. The van der Waals surface area contributed by atoms with E-state index in [1.807, 2.05) is 0 Å². The third kappa shape index (κ3) is 3.00. The molecule has 4 bridgehead atoms. The van der Waals surface area contributed by atoms with Crippen LogP contribution in [0.5, 0.6) is 0 Å². The standard InChI is InChI=1S/C21H29F6NS/c22-20(23,24)19(21(25,26)27)16-5-3-1-2-4-6-17(16)28(29-19)18-10-13-7-14(11-18)9-15(8-13)12-18/h13-17H,1-12H2. The number of hydrogen-bond acceptors (Lipinski definition) is 2. The smallest absolute Gasteiger partial charge is 0.240 e. The highest BCUT2D eigenvalue weighted by Crippen LogP contribution is 2.70. The lowest BCUT2D eigenvalue weighted by Gasteiger charge is -2.60. The van der Waals surface area contributed by atoms with Crippen LogP contribution in [-0.4, -0.2) is 33.0 Å². The van der Waals surface area contributed by atoms with E-state index in [4.69, 9.17) is 0 Å². The largest absolute Gasteiger partial charge is 0.413 e. The third-order valence-electron chi connectivity index (χ3n) is 8.61. The molecule has 0 spiro atoms. The highest BCUT2D eigenvalue weighted by molar-refractivity contribution is 7.98. The maximum absolute atomic E-state index is 14.3. The molecule has 29 heavy (non-hydrogen) atoms. The Bertz CT molecular complexity index is 595. The van der Waals surface area contributed by atoms with Crippen molar-refractivity contribution in [3.8, 4) is 0 Å². The molecule has 166 valence electrons. The topological polar surface area (TPSA) is 3.24 Å². The van der Waals surface area contributed by atoms with Crippen molar-refractivity contribution in [3.05, 3.63) is 0 Å². The van der Waals surface area contributed by atoms with Gasteiger partial charge in [-0.05, 0) is 69.1 Å². The van der Waals surface area contributed by atoms with E-state index in [9.17, 15) is 26.3 Å². The number of fused-ring (bicyclic) bond motifs is 1. The number of hydrogen-bond donors (Lipinski definition) is 0. The van der Waals surface area contributed by atoms with Crippen molar-refractivity contribution in [2.24, 2.45) is 23.7 Å². The van der Waals surface area contributed by atoms with E-state index >= 15 is 0 Å². The summed E-state index contributed by atoms with van der Waals surface area (Å²) in [7, 11) is 0. The van der Waals surface area contributed by atoms with Crippen LogP contribution < -0.4 is 0 Å². The molecular weight excluding hydrogens is 412 g/mol. The highest BCUT2D eigenvalue weighted by Gasteiger charge is 2.80. The lowest BCUT2D eigenvalue weighted by Crippen LogP contribution is -2.59. The zero-order valence-electron chi connectivity index (χ0n) is 16.5. The molecule has 2 unspecified atom stereocenters. The molecule has 1 nitrogen and oxygen atoms in total. The Morgan fingerprint density at radius 2 is 1.17 bits per heavy atom. The molecule has 1 heterocycles. The number of rotatable bonds is 1. The molecule has 0 aromatic heterocycles. The van der Waals surface area contributed by atoms with Gasteiger partial charge in [-0.15, -0.1) is 0 Å². The van der Waals surface area contributed by atoms with E-state index in [1.54, 1.807) is 4.31 Å². The molecule has 0 aromatic carbocycles. The maximum atomic E-state index is 14.3. The van der Waals surface area contributed by atoms with Crippen molar-refractivity contribution in [2.75, 3.05) is 0 Å². The molecule has 6 rings (SSSR count). The Balaban J connectivity index is 1.59. The summed E-state index contributed by atoms with van der Waals surface area (Å²) in [5.74, 6) is 0.0719. The van der Waals surface area contributed by atoms with Gasteiger partial charge in [-0.2, -0.15) is 26.3 Å². The Labute approximate surface area is 172 Å². The molecule has 5 aliphatic carbocycles. The summed E-state index contributed by atoms with van der Waals surface area (Å²) >= 11 is 0.168. The summed E-state index contributed by atoms with van der Waals surface area (Å²) in [6.07, 6.45) is -1.52. The van der Waals surface area contributed by atoms with Crippen LogP contribution in [0.15, 0.2) is 0 Å². The van der Waals surface area contributed by atoms with Crippen molar-refractivity contribution in [1.82, 2.24) is 4.31 Å². The van der Waals surface area contributed by atoms with Gasteiger partial charge in [0.15, 0.2) is 0 Å². The van der Waals surface area contributed by atoms with Crippen LogP contribution >= 0.6 is 11.9 Å². The highest BCUT2D eigenvalue weighted by atomic mass is 32.2. The summed E-state index contributed by atoms with van der Waals surface area (Å²) in [6.45, 7) is 0. The van der Waals surface area contributed by atoms with Crippen LogP contribution in [0.4, 0.5) is 26.3 Å². The number of halogens is 6. The minimum Gasteiger partial charge on any atom is -0.240 e. The van der Waals surface area contributed by atoms with Gasteiger partial charge < -0.3 is 0 Å². The van der Waals surface area contributed by atoms with Gasteiger partial charge in [-0.1, -0.05) is 37.6 Å². The first-order chi connectivity index (χ1) is 13.6. The fraction of sp³-hybridized carbons (Fsp3) is 1.00. The van der Waals surface area contributed by atoms with Crippen molar-refractivity contribution in [2.45, 2.75) is 106 Å². The van der Waals surface area contributed by atoms with Gasteiger partial charge in [-0.3, -0.25) is 0 Å². The molecule has 8 heteroatoms. The summed E-state index contributed by atoms with van der Waals surface area (Å²) < 4.78 is 83.9. The maximum Gasteiger partial charge on any atom is 0.413 e. The van der Waals surface area contributed by atoms with Gasteiger partial charge in [-0.25, -0.2) is 4.31 Å². The van der Waals surface area contributed by atoms with Crippen LogP contribution in [0.2, 0.25) is 0 Å². The van der Waals surface area contributed by atoms with Gasteiger partial charge in [0.1, 0.15) is 0 Å². The van der Waals surface area contributed by atoms with Crippen molar-refractivity contribution in [3.63, 3.8) is 0 Å². The zero-order chi connectivity index (χ0) is 20.7. The van der Waals surface area contributed by atoms with E-state index in [0.29, 0.717) is 30.6 Å². The normalized spacial score (nSPS) is 45.1. The molecular formula is C21H29F6NS. The first-order valence-corrected chi connectivity index (χ1v) is 11.9. The minimum absolute atomic E-state index is 0.0273. The zero-order valence-corrected chi connectivity index (χ0v) is 17.3. The van der Waals surface area contributed by atoms with Gasteiger partial charge in [0.2, 0.25) is 4.75 Å². The molecule has 5 saturated carbocycles. The van der Waals surface area contributed by atoms with E-state index in [1.165, 1.54) is 0 Å². The van der Waals surface area contributed by atoms with E-state index < -0.39 is 34.6 Å². The fourth-order valence-corrected chi connectivity index (χ4v) is 9.71. The Morgan fingerprint density at radius 3 is 1.66 bits per heavy atom. The minimum atomic E-state index is -5.30. The van der Waals surface area contributed by atoms with E-state index in [-0.39, 0.29) is 18.4 Å². The molecule has 2 atom stereocenters. The van der Waals surface area contributed by atoms with Crippen LogP contribution in [0.3, 0.4) is 0 Å². The molecule has 6 fully saturated rings. The number of nitrogens with zero attached hydrogens (tertiary/aromatic N) is 1. The summed E-state index contributed by atoms with van der Waals surface area (Å²) in [6, 6.07) is -0.611. The first kappa shape index (κ1) is 20.8. The lowest BCUT2D eigenvalue weighted by atomic mass is 9.52. The van der Waals surface area contributed by atoms with Crippen molar-refractivity contribution >= 4 is 11.9 Å². The predicted octanol–water partition coefficient (Wildman–Crippen LogP) is 7.12. The van der Waals surface area contributed by atoms with Crippen LogP contribution in [0.1, 0.15) is 77.0 Å². The van der Waals surface area contributed by atoms with Crippen LogP contribution in [-0.2, 0) is 0 Å². The van der Waals surface area contributed by atoms with E-state index in [2.05, 4.69) is 0 Å². The van der Waals surface area contributed by atoms with Crippen molar-refractivity contribution in [1.29, 1.82) is 0 Å². The average Bonchev–Trinajstić information content (AvgIpc) is 2.88.